The summed E-state index contributed by atoms with van der Waals surface area (Å²) in [6.07, 6.45) is 5.92. The van der Waals surface area contributed by atoms with Gasteiger partial charge in [-0.3, -0.25) is 0 Å². The highest BCUT2D eigenvalue weighted by Gasteiger charge is 2.26. The summed E-state index contributed by atoms with van der Waals surface area (Å²) in [6, 6.07) is 9.08. The number of benzene rings is 1. The van der Waals surface area contributed by atoms with Crippen molar-refractivity contribution in [1.29, 1.82) is 0 Å². The standard InChI is InChI=1S/C19H25N3O5S/c1-25-18-19(21-12-11-20-18)27-17-9-7-15(8-10-17)22-28(23,24)14-13-26-16-5-3-2-4-6-16/h2-6,11-12,15,17,22H,7-10,13-14H2,1H3. The zero-order valence-corrected chi connectivity index (χ0v) is 16.6. The molecule has 0 spiro atoms. The Morgan fingerprint density at radius 1 is 1.04 bits per heavy atom. The molecule has 1 aromatic carbocycles. The van der Waals surface area contributed by atoms with E-state index in [9.17, 15) is 8.42 Å². The van der Waals surface area contributed by atoms with Crippen LogP contribution in [0.25, 0.3) is 0 Å². The molecule has 8 nitrogen and oxygen atoms in total. The fourth-order valence-electron chi connectivity index (χ4n) is 3.09. The van der Waals surface area contributed by atoms with Crippen molar-refractivity contribution in [1.82, 2.24) is 14.7 Å². The Balaban J connectivity index is 1.41. The van der Waals surface area contributed by atoms with Crippen molar-refractivity contribution in [3.05, 3.63) is 42.7 Å². The lowest BCUT2D eigenvalue weighted by Crippen LogP contribution is -2.41. The van der Waals surface area contributed by atoms with Gasteiger partial charge in [-0.2, -0.15) is 0 Å². The first-order valence-electron chi connectivity index (χ1n) is 9.25. The van der Waals surface area contributed by atoms with Gasteiger partial charge in [0.05, 0.1) is 12.9 Å². The number of nitrogens with zero attached hydrogens (tertiary/aromatic N) is 2. The van der Waals surface area contributed by atoms with E-state index < -0.39 is 10.0 Å². The van der Waals surface area contributed by atoms with Crippen molar-refractivity contribution in [2.24, 2.45) is 0 Å². The number of hydrogen-bond acceptors (Lipinski definition) is 7. The first-order valence-corrected chi connectivity index (χ1v) is 10.9. The molecule has 1 fully saturated rings. The van der Waals surface area contributed by atoms with Crippen LogP contribution in [0, 0.1) is 0 Å². The molecule has 1 heterocycles. The van der Waals surface area contributed by atoms with Crippen molar-refractivity contribution in [3.63, 3.8) is 0 Å². The fraction of sp³-hybridized carbons (Fsp3) is 0.474. The van der Waals surface area contributed by atoms with Crippen LogP contribution in [0.4, 0.5) is 0 Å². The monoisotopic (exact) mass is 407 g/mol. The summed E-state index contributed by atoms with van der Waals surface area (Å²) in [5.41, 5.74) is 0. The van der Waals surface area contributed by atoms with Crippen molar-refractivity contribution in [3.8, 4) is 17.5 Å². The molecule has 0 bridgehead atoms. The zero-order chi connectivity index (χ0) is 19.8. The van der Waals surface area contributed by atoms with E-state index in [2.05, 4.69) is 14.7 Å². The molecular formula is C19H25N3O5S. The maximum absolute atomic E-state index is 12.3. The molecule has 0 atom stereocenters. The van der Waals surface area contributed by atoms with Gasteiger partial charge in [0.25, 0.3) is 11.8 Å². The smallest absolute Gasteiger partial charge is 0.278 e. The number of methoxy groups -OCH3 is 1. The molecule has 28 heavy (non-hydrogen) atoms. The number of aromatic nitrogens is 2. The second kappa shape index (κ2) is 9.70. The third-order valence-corrected chi connectivity index (χ3v) is 5.89. The van der Waals surface area contributed by atoms with Crippen LogP contribution in [0.15, 0.2) is 42.7 Å². The van der Waals surface area contributed by atoms with E-state index in [4.69, 9.17) is 14.2 Å². The maximum atomic E-state index is 12.3. The molecule has 9 heteroatoms. The van der Waals surface area contributed by atoms with E-state index in [1.54, 1.807) is 24.5 Å². The van der Waals surface area contributed by atoms with Gasteiger partial charge < -0.3 is 14.2 Å². The molecule has 1 aliphatic carbocycles. The van der Waals surface area contributed by atoms with Crippen LogP contribution in [0.5, 0.6) is 17.5 Å². The van der Waals surface area contributed by atoms with E-state index in [0.717, 1.165) is 12.8 Å². The topological polar surface area (TPSA) is 99.6 Å². The van der Waals surface area contributed by atoms with Crippen LogP contribution in [-0.2, 0) is 10.0 Å². The van der Waals surface area contributed by atoms with Crippen molar-refractivity contribution < 1.29 is 22.6 Å². The third-order valence-electron chi connectivity index (χ3n) is 4.49. The molecule has 0 saturated heterocycles. The highest BCUT2D eigenvalue weighted by Crippen LogP contribution is 2.27. The first kappa shape index (κ1) is 20.3. The average Bonchev–Trinajstić information content (AvgIpc) is 2.70. The lowest BCUT2D eigenvalue weighted by Gasteiger charge is -2.29. The van der Waals surface area contributed by atoms with E-state index in [1.165, 1.54) is 7.11 Å². The molecule has 3 rings (SSSR count). The van der Waals surface area contributed by atoms with Gasteiger partial charge in [0.2, 0.25) is 10.0 Å². The minimum atomic E-state index is -3.40. The summed E-state index contributed by atoms with van der Waals surface area (Å²) in [5.74, 6) is 1.31. The van der Waals surface area contributed by atoms with Gasteiger partial charge in [-0.05, 0) is 37.8 Å². The normalized spacial score (nSPS) is 19.8. The van der Waals surface area contributed by atoms with Gasteiger partial charge in [-0.1, -0.05) is 18.2 Å². The van der Waals surface area contributed by atoms with Crippen molar-refractivity contribution in [2.75, 3.05) is 19.5 Å². The van der Waals surface area contributed by atoms with Crippen LogP contribution in [-0.4, -0.2) is 50.0 Å². The van der Waals surface area contributed by atoms with Gasteiger partial charge in [-0.25, -0.2) is 23.1 Å². The number of sulfonamides is 1. The summed E-state index contributed by atoms with van der Waals surface area (Å²) in [7, 11) is -1.88. The van der Waals surface area contributed by atoms with Crippen LogP contribution in [0.2, 0.25) is 0 Å². The molecular weight excluding hydrogens is 382 g/mol. The van der Waals surface area contributed by atoms with Crippen LogP contribution in [0.1, 0.15) is 25.7 Å². The van der Waals surface area contributed by atoms with Gasteiger partial charge in [0.15, 0.2) is 0 Å². The molecule has 0 radical (unpaired) electrons. The van der Waals surface area contributed by atoms with Crippen LogP contribution < -0.4 is 18.9 Å². The average molecular weight is 407 g/mol. The largest absolute Gasteiger partial charge is 0.492 e. The summed E-state index contributed by atoms with van der Waals surface area (Å²) in [4.78, 5) is 8.21. The molecule has 1 saturated carbocycles. The SMILES string of the molecule is COc1nccnc1OC1CCC(NS(=O)(=O)CCOc2ccccc2)CC1. The molecule has 0 amide bonds. The minimum absolute atomic E-state index is 0.0345. The Kier molecular flexibility index (Phi) is 7.05. The lowest BCUT2D eigenvalue weighted by molar-refractivity contribution is 0.132. The van der Waals surface area contributed by atoms with Gasteiger partial charge in [0, 0.05) is 18.4 Å². The highest BCUT2D eigenvalue weighted by atomic mass is 32.2. The maximum Gasteiger partial charge on any atom is 0.278 e. The zero-order valence-electron chi connectivity index (χ0n) is 15.8. The van der Waals surface area contributed by atoms with Gasteiger partial charge in [0.1, 0.15) is 18.5 Å². The summed E-state index contributed by atoms with van der Waals surface area (Å²) < 4.78 is 43.8. The number of para-hydroxylation sites is 1. The molecule has 0 aliphatic heterocycles. The van der Waals surface area contributed by atoms with E-state index in [1.807, 2.05) is 18.2 Å². The first-order chi connectivity index (χ1) is 13.6. The van der Waals surface area contributed by atoms with E-state index in [0.29, 0.717) is 30.4 Å². The number of rotatable bonds is 9. The Morgan fingerprint density at radius 3 is 2.39 bits per heavy atom. The summed E-state index contributed by atoms with van der Waals surface area (Å²) in [6.45, 7) is 0.115. The lowest BCUT2D eigenvalue weighted by atomic mass is 9.94. The highest BCUT2D eigenvalue weighted by molar-refractivity contribution is 7.89. The van der Waals surface area contributed by atoms with E-state index >= 15 is 0 Å². The van der Waals surface area contributed by atoms with Gasteiger partial charge >= 0.3 is 0 Å². The number of nitrogens with one attached hydrogen (secondary N) is 1. The predicted octanol–water partition coefficient (Wildman–Crippen LogP) is 2.17. The Hall–Kier alpha value is -2.39. The van der Waals surface area contributed by atoms with Crippen molar-refractivity contribution in [2.45, 2.75) is 37.8 Å². The number of ether oxygens (including phenoxy) is 3. The predicted molar refractivity (Wildman–Crippen MR) is 104 cm³/mol. The quantitative estimate of drug-likeness (QED) is 0.680. The molecule has 1 N–H and O–H groups in total. The minimum Gasteiger partial charge on any atom is -0.492 e. The molecule has 1 aliphatic rings. The van der Waals surface area contributed by atoms with E-state index in [-0.39, 0.29) is 24.5 Å². The van der Waals surface area contributed by atoms with Gasteiger partial charge in [-0.15, -0.1) is 0 Å². The van der Waals surface area contributed by atoms with Crippen molar-refractivity contribution >= 4 is 10.0 Å². The molecule has 2 aromatic rings. The van der Waals surface area contributed by atoms with Crippen LogP contribution >= 0.6 is 0 Å². The summed E-state index contributed by atoms with van der Waals surface area (Å²) in [5, 5.41) is 0. The van der Waals surface area contributed by atoms with Crippen LogP contribution in [0.3, 0.4) is 0 Å². The fourth-order valence-corrected chi connectivity index (χ4v) is 4.25. The second-order valence-electron chi connectivity index (χ2n) is 6.56. The third kappa shape index (κ3) is 6.07. The Labute approximate surface area is 165 Å². The molecule has 152 valence electrons. The number of hydrogen-bond donors (Lipinski definition) is 1. The Bertz CT molecular complexity index is 840. The Morgan fingerprint density at radius 2 is 1.71 bits per heavy atom. The summed E-state index contributed by atoms with van der Waals surface area (Å²) >= 11 is 0. The molecule has 1 aromatic heterocycles. The molecule has 0 unspecified atom stereocenters. The second-order valence-corrected chi connectivity index (χ2v) is 8.43.